The van der Waals surface area contributed by atoms with Crippen molar-refractivity contribution in [3.63, 3.8) is 0 Å². The Bertz CT molecular complexity index is 143. The van der Waals surface area contributed by atoms with E-state index in [0.29, 0.717) is 13.1 Å². The predicted molar refractivity (Wildman–Crippen MR) is 46.7 cm³/mol. The molecule has 0 spiro atoms. The zero-order valence-electron chi connectivity index (χ0n) is 7.36. The highest BCUT2D eigenvalue weighted by atomic mass is 15.4. The lowest BCUT2D eigenvalue weighted by Gasteiger charge is -1.84. The molecule has 0 aromatic heterocycles. The molecule has 0 amide bonds. The van der Waals surface area contributed by atoms with Crippen molar-refractivity contribution < 1.29 is 0 Å². The van der Waals surface area contributed by atoms with Crippen LogP contribution in [0.15, 0.2) is 32.8 Å². The van der Waals surface area contributed by atoms with Gasteiger partial charge in [0.25, 0.3) is 0 Å². The lowest BCUT2D eigenvalue weighted by molar-refractivity contribution is 0.782. The van der Waals surface area contributed by atoms with Gasteiger partial charge in [0.2, 0.25) is 0 Å². The van der Waals surface area contributed by atoms with Crippen molar-refractivity contribution in [3.05, 3.63) is 12.2 Å². The molecular formula is C6H14N6. The number of nitrogens with zero attached hydrogens (tertiary/aromatic N) is 4. The van der Waals surface area contributed by atoms with Gasteiger partial charge in [0.05, 0.1) is 13.1 Å². The van der Waals surface area contributed by atoms with E-state index in [1.54, 1.807) is 14.1 Å². The molecule has 0 bridgehead atoms. The molecule has 0 aromatic carbocycles. The standard InChI is InChI=1S/C6H14N6/c1-7-11-9-5-3-4-6-10-12-8-2/h3-4H,5-6H2,1-2H3,(H,7,9)(H,8,10). The van der Waals surface area contributed by atoms with Gasteiger partial charge >= 0.3 is 0 Å². The molecule has 0 rings (SSSR count). The van der Waals surface area contributed by atoms with Gasteiger partial charge < -0.3 is 0 Å². The average molecular weight is 170 g/mol. The quantitative estimate of drug-likeness (QED) is 0.350. The first-order valence-corrected chi connectivity index (χ1v) is 3.63. The highest BCUT2D eigenvalue weighted by molar-refractivity contribution is 4.84. The summed E-state index contributed by atoms with van der Waals surface area (Å²) in [7, 11) is 3.41. The summed E-state index contributed by atoms with van der Waals surface area (Å²) < 4.78 is 0. The van der Waals surface area contributed by atoms with Gasteiger partial charge in [-0.3, -0.25) is 10.9 Å². The summed E-state index contributed by atoms with van der Waals surface area (Å²) in [6.45, 7) is 1.13. The van der Waals surface area contributed by atoms with Crippen LogP contribution in [-0.4, -0.2) is 27.2 Å². The lowest BCUT2D eigenvalue weighted by Crippen LogP contribution is -1.91. The van der Waals surface area contributed by atoms with Crippen LogP contribution in [-0.2, 0) is 0 Å². The summed E-state index contributed by atoms with van der Waals surface area (Å²) in [5.74, 6) is 0. The maximum Gasteiger partial charge on any atom is 0.0802 e. The molecule has 0 radical (unpaired) electrons. The number of hydrogen-bond donors (Lipinski definition) is 2. The molecule has 0 saturated heterocycles. The van der Waals surface area contributed by atoms with Crippen LogP contribution in [0.25, 0.3) is 0 Å². The van der Waals surface area contributed by atoms with Crippen molar-refractivity contribution in [2.24, 2.45) is 20.7 Å². The normalized spacial score (nSPS) is 11.8. The molecule has 6 nitrogen and oxygen atoms in total. The van der Waals surface area contributed by atoms with Gasteiger partial charge in [-0.2, -0.15) is 10.2 Å². The van der Waals surface area contributed by atoms with E-state index in [0.717, 1.165) is 0 Å². The third kappa shape index (κ3) is 8.54. The zero-order chi connectivity index (χ0) is 9.07. The van der Waals surface area contributed by atoms with Crippen molar-refractivity contribution in [2.45, 2.75) is 0 Å². The minimum absolute atomic E-state index is 0.565. The van der Waals surface area contributed by atoms with Crippen LogP contribution < -0.4 is 10.9 Å². The first kappa shape index (κ1) is 10.5. The Morgan fingerprint density at radius 3 is 1.67 bits per heavy atom. The second kappa shape index (κ2) is 9.54. The highest BCUT2D eigenvalue weighted by Crippen LogP contribution is 1.78. The Balaban J connectivity index is 3.25. The average Bonchev–Trinajstić information content (AvgIpc) is 2.10. The Kier molecular flexibility index (Phi) is 8.38. The number of rotatable bonds is 6. The van der Waals surface area contributed by atoms with Crippen molar-refractivity contribution in [1.29, 1.82) is 0 Å². The molecule has 2 N–H and O–H groups in total. The van der Waals surface area contributed by atoms with Gasteiger partial charge in [0.1, 0.15) is 0 Å². The van der Waals surface area contributed by atoms with E-state index in [4.69, 9.17) is 0 Å². The highest BCUT2D eigenvalue weighted by Gasteiger charge is 1.72. The van der Waals surface area contributed by atoms with E-state index in [2.05, 4.69) is 31.5 Å². The Hall–Kier alpha value is -1.46. The Labute approximate surface area is 71.8 Å². The minimum atomic E-state index is 0.565. The smallest absolute Gasteiger partial charge is 0.0802 e. The fraction of sp³-hybridized carbons (Fsp3) is 0.667. The monoisotopic (exact) mass is 170 g/mol. The maximum absolute atomic E-state index is 3.75. The first-order chi connectivity index (χ1) is 5.91. The van der Waals surface area contributed by atoms with Crippen LogP contribution >= 0.6 is 0 Å². The number of hydrogen-bond acceptors (Lipinski definition) is 4. The van der Waals surface area contributed by atoms with Crippen molar-refractivity contribution in [1.82, 2.24) is 10.9 Å². The van der Waals surface area contributed by atoms with Gasteiger partial charge in [-0.25, -0.2) is 0 Å². The second-order valence-corrected chi connectivity index (χ2v) is 1.77. The first-order valence-electron chi connectivity index (χ1n) is 3.63. The second-order valence-electron chi connectivity index (χ2n) is 1.77. The Morgan fingerprint density at radius 2 is 1.33 bits per heavy atom. The summed E-state index contributed by atoms with van der Waals surface area (Å²) in [6, 6.07) is 0. The lowest BCUT2D eigenvalue weighted by atomic mass is 10.5. The molecule has 0 saturated carbocycles. The topological polar surface area (TPSA) is 73.5 Å². The SMILES string of the molecule is CNN=NCC=CCN=NNC. The molecule has 0 unspecified atom stereocenters. The van der Waals surface area contributed by atoms with Crippen molar-refractivity contribution in [3.8, 4) is 0 Å². The molecule has 0 aliphatic heterocycles. The molecule has 0 heterocycles. The van der Waals surface area contributed by atoms with E-state index in [1.165, 1.54) is 0 Å². The largest absolute Gasteiger partial charge is 0.295 e. The van der Waals surface area contributed by atoms with E-state index < -0.39 is 0 Å². The summed E-state index contributed by atoms with van der Waals surface area (Å²) >= 11 is 0. The van der Waals surface area contributed by atoms with E-state index in [-0.39, 0.29) is 0 Å². The van der Waals surface area contributed by atoms with Gasteiger partial charge in [-0.15, -0.1) is 0 Å². The molecule has 0 fully saturated rings. The third-order valence-corrected chi connectivity index (χ3v) is 0.882. The van der Waals surface area contributed by atoms with Gasteiger partial charge in [-0.05, 0) is 0 Å². The summed E-state index contributed by atoms with van der Waals surface area (Å²) in [6.07, 6.45) is 3.74. The fourth-order valence-corrected chi connectivity index (χ4v) is 0.466. The summed E-state index contributed by atoms with van der Waals surface area (Å²) in [4.78, 5) is 0. The van der Waals surface area contributed by atoms with Crippen molar-refractivity contribution >= 4 is 0 Å². The fourth-order valence-electron chi connectivity index (χ4n) is 0.466. The summed E-state index contributed by atoms with van der Waals surface area (Å²) in [5.41, 5.74) is 5.10. The molecule has 12 heavy (non-hydrogen) atoms. The van der Waals surface area contributed by atoms with Gasteiger partial charge in [0.15, 0.2) is 0 Å². The molecule has 0 aliphatic rings. The Morgan fingerprint density at radius 1 is 0.917 bits per heavy atom. The van der Waals surface area contributed by atoms with E-state index >= 15 is 0 Å². The minimum Gasteiger partial charge on any atom is -0.295 e. The zero-order valence-corrected chi connectivity index (χ0v) is 7.36. The molecule has 0 atom stereocenters. The molecule has 0 aliphatic carbocycles. The molecule has 0 aromatic rings. The molecular weight excluding hydrogens is 156 g/mol. The van der Waals surface area contributed by atoms with E-state index in [1.807, 2.05) is 12.2 Å². The van der Waals surface area contributed by atoms with Crippen LogP contribution in [0.1, 0.15) is 0 Å². The van der Waals surface area contributed by atoms with Crippen LogP contribution in [0.3, 0.4) is 0 Å². The van der Waals surface area contributed by atoms with Gasteiger partial charge in [0, 0.05) is 14.1 Å². The van der Waals surface area contributed by atoms with Crippen LogP contribution in [0, 0.1) is 0 Å². The summed E-state index contributed by atoms with van der Waals surface area (Å²) in [5, 5.41) is 14.6. The van der Waals surface area contributed by atoms with Crippen molar-refractivity contribution in [2.75, 3.05) is 27.2 Å². The molecule has 6 heteroatoms. The number of nitrogens with one attached hydrogen (secondary N) is 2. The predicted octanol–water partition coefficient (Wildman–Crippen LogP) is 0.716. The van der Waals surface area contributed by atoms with Crippen LogP contribution in [0.4, 0.5) is 0 Å². The van der Waals surface area contributed by atoms with Crippen LogP contribution in [0.5, 0.6) is 0 Å². The van der Waals surface area contributed by atoms with Crippen LogP contribution in [0.2, 0.25) is 0 Å². The molecule has 68 valence electrons. The van der Waals surface area contributed by atoms with E-state index in [9.17, 15) is 0 Å². The third-order valence-electron chi connectivity index (χ3n) is 0.882. The van der Waals surface area contributed by atoms with Gasteiger partial charge in [-0.1, -0.05) is 22.6 Å². The maximum atomic E-state index is 3.75.